The predicted octanol–water partition coefficient (Wildman–Crippen LogP) is 7.90. The zero-order valence-corrected chi connectivity index (χ0v) is 30.0. The van der Waals surface area contributed by atoms with Crippen molar-refractivity contribution in [2.75, 3.05) is 0 Å². The van der Waals surface area contributed by atoms with Gasteiger partial charge in [-0.15, -0.1) is 0 Å². The van der Waals surface area contributed by atoms with E-state index in [1.165, 1.54) is 6.07 Å². The van der Waals surface area contributed by atoms with E-state index < -0.39 is 41.8 Å². The first kappa shape index (κ1) is 38.0. The van der Waals surface area contributed by atoms with Crippen LogP contribution in [-0.4, -0.2) is 53.8 Å². The van der Waals surface area contributed by atoms with Gasteiger partial charge in [-0.05, 0) is 110 Å². The van der Waals surface area contributed by atoms with Crippen molar-refractivity contribution in [1.82, 2.24) is 0 Å². The predicted molar refractivity (Wildman–Crippen MR) is 184 cm³/mol. The molecule has 0 bridgehead atoms. The Morgan fingerprint density at radius 2 is 1.71 bits per heavy atom. The molecule has 0 amide bonds. The van der Waals surface area contributed by atoms with Crippen LogP contribution >= 0.6 is 0 Å². The van der Waals surface area contributed by atoms with Crippen molar-refractivity contribution in [2.45, 2.75) is 110 Å². The molecular formula is C41H49F3O8. The Morgan fingerprint density at radius 1 is 0.962 bits per heavy atom. The van der Waals surface area contributed by atoms with Crippen LogP contribution in [0.25, 0.3) is 0 Å². The minimum Gasteiger partial charge on any atom is -0.461 e. The summed E-state index contributed by atoms with van der Waals surface area (Å²) >= 11 is 0. The molecule has 282 valence electrons. The summed E-state index contributed by atoms with van der Waals surface area (Å²) in [6, 6.07) is 15.6. The lowest BCUT2D eigenvalue weighted by Gasteiger charge is -2.64. The highest BCUT2D eigenvalue weighted by Crippen LogP contribution is 2.69. The zero-order valence-electron chi connectivity index (χ0n) is 30.0. The molecule has 0 spiro atoms. The van der Waals surface area contributed by atoms with Crippen LogP contribution in [0.5, 0.6) is 0 Å². The first-order chi connectivity index (χ1) is 24.6. The summed E-state index contributed by atoms with van der Waals surface area (Å²) in [7, 11) is 0. The van der Waals surface area contributed by atoms with Crippen molar-refractivity contribution in [1.29, 1.82) is 0 Å². The molecule has 0 radical (unpaired) electrons. The van der Waals surface area contributed by atoms with Crippen molar-refractivity contribution < 1.29 is 51.7 Å². The average Bonchev–Trinajstić information content (AvgIpc) is 3.48. The normalized spacial score (nSPS) is 34.5. The van der Waals surface area contributed by atoms with Gasteiger partial charge in [-0.1, -0.05) is 63.2 Å². The van der Waals surface area contributed by atoms with Crippen molar-refractivity contribution in [2.24, 2.45) is 46.3 Å². The fraction of sp³-hybridized carbons (Fsp3) is 0.610. The van der Waals surface area contributed by atoms with Crippen LogP contribution in [0.4, 0.5) is 13.2 Å². The molecule has 8 nitrogen and oxygen atoms in total. The van der Waals surface area contributed by atoms with Crippen molar-refractivity contribution in [3.63, 3.8) is 0 Å². The van der Waals surface area contributed by atoms with E-state index >= 15 is 0 Å². The SMILES string of the molecule is C[C@H](CCC(=O)OCc1ccccc1)[C@H]1CC[C@H]2[C@@H]3[C@H](O)C[C@@H]4C[C@H](OC(=O)c5cccc(C=O)c5)CC[C@]4(C)[C@H]3C[C@H](OC(=O)C(F)(F)F)[C@]12C. The number of alkyl halides is 3. The lowest BCUT2D eigenvalue weighted by Crippen LogP contribution is -2.63. The van der Waals surface area contributed by atoms with Gasteiger partial charge in [-0.3, -0.25) is 9.59 Å². The summed E-state index contributed by atoms with van der Waals surface area (Å²) in [5.74, 6) is -3.99. The van der Waals surface area contributed by atoms with E-state index in [-0.39, 0.29) is 71.9 Å². The molecule has 0 heterocycles. The number of ether oxygens (including phenoxy) is 3. The largest absolute Gasteiger partial charge is 0.490 e. The summed E-state index contributed by atoms with van der Waals surface area (Å²) < 4.78 is 58.1. The molecule has 11 heteroatoms. The van der Waals surface area contributed by atoms with Crippen LogP contribution < -0.4 is 0 Å². The molecule has 4 fully saturated rings. The van der Waals surface area contributed by atoms with E-state index in [2.05, 4.69) is 6.92 Å². The van der Waals surface area contributed by atoms with Crippen LogP contribution in [0.15, 0.2) is 54.6 Å². The Hall–Kier alpha value is -3.73. The lowest BCUT2D eigenvalue weighted by molar-refractivity contribution is -0.239. The van der Waals surface area contributed by atoms with Crippen LogP contribution in [-0.2, 0) is 30.4 Å². The minimum absolute atomic E-state index is 0.0713. The maximum Gasteiger partial charge on any atom is 0.490 e. The summed E-state index contributed by atoms with van der Waals surface area (Å²) in [6.07, 6.45) is -2.38. The van der Waals surface area contributed by atoms with Crippen molar-refractivity contribution in [3.05, 3.63) is 71.3 Å². The number of carbonyl (C=O) groups is 4. The Balaban J connectivity index is 1.19. The molecule has 52 heavy (non-hydrogen) atoms. The van der Waals surface area contributed by atoms with Gasteiger partial charge in [0.25, 0.3) is 0 Å². The van der Waals surface area contributed by atoms with Crippen molar-refractivity contribution >= 4 is 24.2 Å². The number of halogens is 3. The van der Waals surface area contributed by atoms with E-state index in [1.54, 1.807) is 18.2 Å². The van der Waals surface area contributed by atoms with E-state index in [0.717, 1.165) is 5.56 Å². The number of aliphatic hydroxyl groups is 1. The topological polar surface area (TPSA) is 116 Å². The van der Waals surface area contributed by atoms with Crippen LogP contribution in [0.1, 0.15) is 105 Å². The summed E-state index contributed by atoms with van der Waals surface area (Å²) in [5, 5.41) is 11.9. The minimum atomic E-state index is -5.16. The molecule has 4 saturated carbocycles. The van der Waals surface area contributed by atoms with Gasteiger partial charge in [0.15, 0.2) is 0 Å². The molecule has 0 aromatic heterocycles. The van der Waals surface area contributed by atoms with Gasteiger partial charge in [0.05, 0.1) is 11.7 Å². The molecule has 2 aromatic carbocycles. The van der Waals surface area contributed by atoms with Gasteiger partial charge in [0.1, 0.15) is 25.1 Å². The third-order valence-electron chi connectivity index (χ3n) is 13.5. The van der Waals surface area contributed by atoms with Crippen LogP contribution in [0, 0.1) is 46.3 Å². The number of aldehydes is 1. The number of hydrogen-bond donors (Lipinski definition) is 1. The number of hydrogen-bond acceptors (Lipinski definition) is 8. The molecule has 0 saturated heterocycles. The number of rotatable bonds is 10. The Bertz CT molecular complexity index is 1630. The fourth-order valence-corrected chi connectivity index (χ4v) is 10.9. The lowest BCUT2D eigenvalue weighted by atomic mass is 9.43. The Labute approximate surface area is 302 Å². The van der Waals surface area contributed by atoms with Gasteiger partial charge in [0, 0.05) is 17.4 Å². The third-order valence-corrected chi connectivity index (χ3v) is 13.5. The number of benzene rings is 2. The van der Waals surface area contributed by atoms with E-state index in [1.807, 2.05) is 44.2 Å². The molecule has 0 aliphatic heterocycles. The molecule has 6 rings (SSSR count). The van der Waals surface area contributed by atoms with Crippen LogP contribution in [0.2, 0.25) is 0 Å². The van der Waals surface area contributed by atoms with Crippen LogP contribution in [0.3, 0.4) is 0 Å². The molecule has 4 aliphatic rings. The number of carbonyl (C=O) groups excluding carboxylic acids is 4. The molecule has 11 atom stereocenters. The maximum absolute atomic E-state index is 13.8. The first-order valence-corrected chi connectivity index (χ1v) is 18.6. The summed E-state index contributed by atoms with van der Waals surface area (Å²) in [4.78, 5) is 49.4. The smallest absolute Gasteiger partial charge is 0.461 e. The Morgan fingerprint density at radius 3 is 2.42 bits per heavy atom. The molecule has 4 aliphatic carbocycles. The molecule has 1 N–H and O–H groups in total. The quantitative estimate of drug-likeness (QED) is 0.149. The Kier molecular flexibility index (Phi) is 10.9. The second-order valence-electron chi connectivity index (χ2n) is 16.2. The van der Waals surface area contributed by atoms with E-state index in [4.69, 9.17) is 14.2 Å². The molecule has 0 unspecified atom stereocenters. The number of aliphatic hydroxyl groups excluding tert-OH is 1. The third kappa shape index (κ3) is 7.39. The second kappa shape index (κ2) is 15.0. The van der Waals surface area contributed by atoms with Gasteiger partial charge in [-0.25, -0.2) is 9.59 Å². The van der Waals surface area contributed by atoms with Gasteiger partial charge >= 0.3 is 24.1 Å². The highest BCUT2D eigenvalue weighted by atomic mass is 19.4. The first-order valence-electron chi connectivity index (χ1n) is 18.6. The summed E-state index contributed by atoms with van der Waals surface area (Å²) in [6.45, 7) is 6.23. The second-order valence-corrected chi connectivity index (χ2v) is 16.2. The molecular weight excluding hydrogens is 677 g/mol. The summed E-state index contributed by atoms with van der Waals surface area (Å²) in [5.41, 5.74) is 0.279. The zero-order chi connectivity index (χ0) is 37.4. The maximum atomic E-state index is 13.8. The standard InChI is InChI=1S/C41H49F3O8/c1-24(12-15-35(47)50-23-25-8-5-4-6-9-25)30-13-14-31-36-32(21-34(40(30,31)3)52-38(49)41(42,43)44)39(2)17-16-29(19-28(39)20-33(36)46)51-37(48)27-11-7-10-26(18-27)22-45/h4-11,18,22,24,28-34,36,46H,12-17,19-21,23H2,1-3H3/t24-,28+,29-,30-,31+,32+,33-,34+,36+,39+,40-/m1/s1. The highest BCUT2D eigenvalue weighted by Gasteiger charge is 2.67. The number of fused-ring (bicyclic) bond motifs is 5. The van der Waals surface area contributed by atoms with E-state index in [9.17, 15) is 37.5 Å². The van der Waals surface area contributed by atoms with Gasteiger partial charge in [-0.2, -0.15) is 13.2 Å². The fourth-order valence-electron chi connectivity index (χ4n) is 10.9. The van der Waals surface area contributed by atoms with Crippen molar-refractivity contribution in [3.8, 4) is 0 Å². The van der Waals surface area contributed by atoms with Gasteiger partial charge < -0.3 is 19.3 Å². The van der Waals surface area contributed by atoms with E-state index in [0.29, 0.717) is 56.8 Å². The van der Waals surface area contributed by atoms with Gasteiger partial charge in [0.2, 0.25) is 0 Å². The monoisotopic (exact) mass is 726 g/mol. The average molecular weight is 727 g/mol. The number of esters is 3. The molecule has 2 aromatic rings. The highest BCUT2D eigenvalue weighted by molar-refractivity contribution is 5.91.